The fourth-order valence-corrected chi connectivity index (χ4v) is 2.26. The van der Waals surface area contributed by atoms with E-state index in [9.17, 15) is 24.6 Å². The zero-order valence-corrected chi connectivity index (χ0v) is 14.0. The minimum absolute atomic E-state index is 0.0382. The SMILES string of the molecule is COC(=O)c1c(O)cc(COC(=O)c2ccccc2)c(C(=O)OC)c1O. The molecular weight excluding hydrogens is 344 g/mol. The molecule has 136 valence electrons. The summed E-state index contributed by atoms with van der Waals surface area (Å²) < 4.78 is 14.2. The molecule has 26 heavy (non-hydrogen) atoms. The van der Waals surface area contributed by atoms with E-state index in [1.54, 1.807) is 30.3 Å². The number of phenolic OH excluding ortho intramolecular Hbond substituents is 2. The molecule has 2 N–H and O–H groups in total. The first-order valence-corrected chi connectivity index (χ1v) is 7.37. The van der Waals surface area contributed by atoms with Gasteiger partial charge < -0.3 is 24.4 Å². The summed E-state index contributed by atoms with van der Waals surface area (Å²) in [5.74, 6) is -4.14. The van der Waals surface area contributed by atoms with E-state index in [-0.39, 0.29) is 11.1 Å². The fraction of sp³-hybridized carbons (Fsp3) is 0.167. The number of hydrogen-bond acceptors (Lipinski definition) is 8. The van der Waals surface area contributed by atoms with Gasteiger partial charge in [-0.2, -0.15) is 0 Å². The van der Waals surface area contributed by atoms with Gasteiger partial charge in [0.15, 0.2) is 0 Å². The van der Waals surface area contributed by atoms with E-state index in [1.165, 1.54) is 0 Å². The number of hydrogen-bond donors (Lipinski definition) is 2. The monoisotopic (exact) mass is 360 g/mol. The number of ether oxygens (including phenoxy) is 3. The highest BCUT2D eigenvalue weighted by atomic mass is 16.5. The van der Waals surface area contributed by atoms with Crippen LogP contribution in [0.5, 0.6) is 11.5 Å². The summed E-state index contributed by atoms with van der Waals surface area (Å²) >= 11 is 0. The van der Waals surface area contributed by atoms with E-state index in [0.717, 1.165) is 20.3 Å². The minimum atomic E-state index is -1.04. The highest BCUT2D eigenvalue weighted by Gasteiger charge is 2.28. The van der Waals surface area contributed by atoms with Crippen LogP contribution in [0.25, 0.3) is 0 Å². The van der Waals surface area contributed by atoms with Crippen LogP contribution in [0.15, 0.2) is 36.4 Å². The Balaban J connectivity index is 2.40. The van der Waals surface area contributed by atoms with Crippen molar-refractivity contribution >= 4 is 17.9 Å². The van der Waals surface area contributed by atoms with Gasteiger partial charge in [-0.05, 0) is 18.2 Å². The summed E-state index contributed by atoms with van der Waals surface area (Å²) in [5.41, 5.74) is -0.756. The number of benzene rings is 2. The third-order valence-corrected chi connectivity index (χ3v) is 3.51. The first-order valence-electron chi connectivity index (χ1n) is 7.37. The molecule has 0 aliphatic heterocycles. The van der Waals surface area contributed by atoms with Gasteiger partial charge in [-0.25, -0.2) is 14.4 Å². The molecule has 0 unspecified atom stereocenters. The van der Waals surface area contributed by atoms with Gasteiger partial charge in [0, 0.05) is 5.56 Å². The number of methoxy groups -OCH3 is 2. The second-order valence-electron chi connectivity index (χ2n) is 5.08. The number of rotatable bonds is 5. The molecule has 2 aromatic carbocycles. The molecule has 2 aromatic rings. The summed E-state index contributed by atoms with van der Waals surface area (Å²) in [6, 6.07) is 9.14. The molecule has 0 bridgehead atoms. The third kappa shape index (κ3) is 3.75. The smallest absolute Gasteiger partial charge is 0.345 e. The first-order chi connectivity index (χ1) is 12.4. The normalized spacial score (nSPS) is 10.1. The van der Waals surface area contributed by atoms with E-state index in [4.69, 9.17) is 4.74 Å². The molecule has 0 heterocycles. The van der Waals surface area contributed by atoms with Crippen LogP contribution >= 0.6 is 0 Å². The van der Waals surface area contributed by atoms with Crippen LogP contribution in [-0.2, 0) is 20.8 Å². The lowest BCUT2D eigenvalue weighted by atomic mass is 10.0. The van der Waals surface area contributed by atoms with Crippen molar-refractivity contribution in [2.75, 3.05) is 14.2 Å². The lowest BCUT2D eigenvalue weighted by molar-refractivity contribution is 0.0457. The summed E-state index contributed by atoms with van der Waals surface area (Å²) in [5, 5.41) is 20.2. The van der Waals surface area contributed by atoms with Gasteiger partial charge in [-0.15, -0.1) is 0 Å². The molecule has 0 saturated heterocycles. The molecule has 0 saturated carbocycles. The number of esters is 3. The lowest BCUT2D eigenvalue weighted by Gasteiger charge is -2.14. The van der Waals surface area contributed by atoms with Crippen LogP contribution in [0.1, 0.15) is 36.6 Å². The van der Waals surface area contributed by atoms with Crippen molar-refractivity contribution in [1.82, 2.24) is 0 Å². The van der Waals surface area contributed by atoms with Crippen molar-refractivity contribution in [3.05, 3.63) is 58.7 Å². The second-order valence-corrected chi connectivity index (χ2v) is 5.08. The van der Waals surface area contributed by atoms with Crippen molar-refractivity contribution in [2.24, 2.45) is 0 Å². The van der Waals surface area contributed by atoms with Gasteiger partial charge in [-0.3, -0.25) is 0 Å². The van der Waals surface area contributed by atoms with Gasteiger partial charge in [-0.1, -0.05) is 18.2 Å². The Labute approximate surface area is 148 Å². The third-order valence-electron chi connectivity index (χ3n) is 3.51. The second kappa shape index (κ2) is 8.02. The summed E-state index contributed by atoms with van der Waals surface area (Å²) in [4.78, 5) is 35.7. The number of aromatic hydroxyl groups is 2. The Kier molecular flexibility index (Phi) is 5.79. The van der Waals surface area contributed by atoms with E-state index < -0.39 is 47.1 Å². The predicted molar refractivity (Wildman–Crippen MR) is 88.0 cm³/mol. The molecule has 8 heteroatoms. The molecule has 0 aliphatic rings. The molecule has 0 amide bonds. The van der Waals surface area contributed by atoms with Gasteiger partial charge >= 0.3 is 17.9 Å². The highest BCUT2D eigenvalue weighted by Crippen LogP contribution is 2.35. The molecule has 0 atom stereocenters. The Morgan fingerprint density at radius 1 is 0.885 bits per heavy atom. The lowest BCUT2D eigenvalue weighted by Crippen LogP contribution is -2.13. The van der Waals surface area contributed by atoms with E-state index >= 15 is 0 Å². The zero-order chi connectivity index (χ0) is 19.3. The van der Waals surface area contributed by atoms with Crippen LogP contribution in [0.3, 0.4) is 0 Å². The van der Waals surface area contributed by atoms with Crippen LogP contribution in [0.4, 0.5) is 0 Å². The van der Waals surface area contributed by atoms with Crippen molar-refractivity contribution < 1.29 is 38.8 Å². The minimum Gasteiger partial charge on any atom is -0.507 e. The maximum Gasteiger partial charge on any atom is 0.345 e. The van der Waals surface area contributed by atoms with Crippen LogP contribution in [-0.4, -0.2) is 42.3 Å². The number of phenols is 2. The van der Waals surface area contributed by atoms with Gasteiger partial charge in [0.25, 0.3) is 0 Å². The predicted octanol–water partition coefficient (Wildman–Crippen LogP) is 2.03. The fourth-order valence-electron chi connectivity index (χ4n) is 2.26. The molecule has 0 fully saturated rings. The van der Waals surface area contributed by atoms with Gasteiger partial charge in [0.05, 0.1) is 19.8 Å². The Morgan fingerprint density at radius 3 is 2.04 bits per heavy atom. The van der Waals surface area contributed by atoms with Crippen molar-refractivity contribution in [3.8, 4) is 11.5 Å². The quantitative estimate of drug-likeness (QED) is 0.614. The Hall–Kier alpha value is -3.55. The molecule has 0 spiro atoms. The Bertz CT molecular complexity index is 842. The van der Waals surface area contributed by atoms with E-state index in [2.05, 4.69) is 9.47 Å². The van der Waals surface area contributed by atoms with Crippen LogP contribution < -0.4 is 0 Å². The average Bonchev–Trinajstić information content (AvgIpc) is 2.65. The van der Waals surface area contributed by atoms with E-state index in [1.807, 2.05) is 0 Å². The van der Waals surface area contributed by atoms with Gasteiger partial charge in [0.2, 0.25) is 0 Å². The summed E-state index contributed by atoms with van der Waals surface area (Å²) in [6.07, 6.45) is 0. The van der Waals surface area contributed by atoms with Crippen molar-refractivity contribution in [1.29, 1.82) is 0 Å². The Morgan fingerprint density at radius 2 is 1.46 bits per heavy atom. The standard InChI is InChI=1S/C18H16O8/c1-24-17(22)13-11(8-12(19)14(15(13)20)18(23)25-2)9-26-16(21)10-6-4-3-5-7-10/h3-8,19-20H,9H2,1-2H3. The van der Waals surface area contributed by atoms with Crippen molar-refractivity contribution in [3.63, 3.8) is 0 Å². The molecular formula is C18H16O8. The summed E-state index contributed by atoms with van der Waals surface area (Å²) in [7, 11) is 2.13. The molecule has 0 radical (unpaired) electrons. The molecule has 0 aliphatic carbocycles. The van der Waals surface area contributed by atoms with Crippen molar-refractivity contribution in [2.45, 2.75) is 6.61 Å². The van der Waals surface area contributed by atoms with E-state index in [0.29, 0.717) is 0 Å². The highest BCUT2D eigenvalue weighted by molar-refractivity contribution is 6.03. The van der Waals surface area contributed by atoms with Crippen LogP contribution in [0, 0.1) is 0 Å². The maximum atomic E-state index is 12.0. The summed E-state index contributed by atoms with van der Waals surface area (Å²) in [6.45, 7) is -0.444. The molecule has 0 aromatic heterocycles. The molecule has 2 rings (SSSR count). The zero-order valence-electron chi connectivity index (χ0n) is 14.0. The first kappa shape index (κ1) is 18.8. The number of carbonyl (C=O) groups is 3. The van der Waals surface area contributed by atoms with Crippen LogP contribution in [0.2, 0.25) is 0 Å². The number of carbonyl (C=O) groups excluding carboxylic acids is 3. The largest absolute Gasteiger partial charge is 0.507 e. The average molecular weight is 360 g/mol. The topological polar surface area (TPSA) is 119 Å². The molecule has 8 nitrogen and oxygen atoms in total. The van der Waals surface area contributed by atoms with Gasteiger partial charge in [0.1, 0.15) is 29.2 Å². The maximum absolute atomic E-state index is 12.0.